The number of likely N-dealkylation sites (tertiary alicyclic amines) is 1. The molecule has 128 valence electrons. The van der Waals surface area contributed by atoms with Gasteiger partial charge in [-0.1, -0.05) is 23.7 Å². The van der Waals surface area contributed by atoms with Gasteiger partial charge in [-0.3, -0.25) is 0 Å². The topological polar surface area (TPSA) is 38.8 Å². The SMILES string of the molecule is CC(C)(C)OC(=O)N1CCC(OCCc2cccc(Cl)c2)CC1. The van der Waals surface area contributed by atoms with Crippen LogP contribution in [-0.4, -0.2) is 42.4 Å². The van der Waals surface area contributed by atoms with E-state index in [2.05, 4.69) is 6.07 Å². The summed E-state index contributed by atoms with van der Waals surface area (Å²) in [6, 6.07) is 7.85. The highest BCUT2D eigenvalue weighted by Gasteiger charge is 2.26. The Labute approximate surface area is 143 Å². The van der Waals surface area contributed by atoms with Gasteiger partial charge in [0.05, 0.1) is 12.7 Å². The molecular formula is C18H26ClNO3. The first kappa shape index (κ1) is 18.1. The summed E-state index contributed by atoms with van der Waals surface area (Å²) in [7, 11) is 0. The summed E-state index contributed by atoms with van der Waals surface area (Å²) in [4.78, 5) is 13.8. The highest BCUT2D eigenvalue weighted by Crippen LogP contribution is 2.18. The third-order valence-corrected chi connectivity index (χ3v) is 3.96. The van der Waals surface area contributed by atoms with Gasteiger partial charge in [-0.25, -0.2) is 4.79 Å². The molecule has 2 rings (SSSR count). The standard InChI is InChI=1S/C18H26ClNO3/c1-18(2,3)23-17(21)20-10-7-16(8-11-20)22-12-9-14-5-4-6-15(19)13-14/h4-6,13,16H,7-12H2,1-3H3. The molecule has 23 heavy (non-hydrogen) atoms. The minimum absolute atomic E-state index is 0.216. The highest BCUT2D eigenvalue weighted by atomic mass is 35.5. The van der Waals surface area contributed by atoms with Crippen LogP contribution >= 0.6 is 11.6 Å². The van der Waals surface area contributed by atoms with Crippen molar-refractivity contribution in [2.75, 3.05) is 19.7 Å². The maximum atomic E-state index is 12.0. The van der Waals surface area contributed by atoms with Gasteiger partial charge in [-0.2, -0.15) is 0 Å². The Morgan fingerprint density at radius 3 is 2.61 bits per heavy atom. The molecule has 0 aliphatic carbocycles. The molecule has 0 radical (unpaired) electrons. The Morgan fingerprint density at radius 1 is 1.30 bits per heavy atom. The zero-order valence-corrected chi connectivity index (χ0v) is 14.9. The third-order valence-electron chi connectivity index (χ3n) is 3.73. The molecule has 0 bridgehead atoms. The number of carbonyl (C=O) groups excluding carboxylic acids is 1. The van der Waals surface area contributed by atoms with E-state index in [1.165, 1.54) is 5.56 Å². The molecular weight excluding hydrogens is 314 g/mol. The van der Waals surface area contributed by atoms with Gasteiger partial charge in [0.25, 0.3) is 0 Å². The first-order valence-corrected chi connectivity index (χ1v) is 8.55. The number of rotatable bonds is 4. The predicted octanol–water partition coefficient (Wildman–Crippen LogP) is 4.30. The first-order valence-electron chi connectivity index (χ1n) is 8.17. The molecule has 4 nitrogen and oxygen atoms in total. The second-order valence-corrected chi connectivity index (χ2v) is 7.35. The van der Waals surface area contributed by atoms with Crippen molar-refractivity contribution in [3.05, 3.63) is 34.9 Å². The van der Waals surface area contributed by atoms with Gasteiger partial charge in [-0.15, -0.1) is 0 Å². The van der Waals surface area contributed by atoms with E-state index in [4.69, 9.17) is 21.1 Å². The van der Waals surface area contributed by atoms with Crippen LogP contribution in [0.4, 0.5) is 4.79 Å². The Kier molecular flexibility index (Phi) is 6.31. The summed E-state index contributed by atoms with van der Waals surface area (Å²) >= 11 is 5.97. The van der Waals surface area contributed by atoms with E-state index in [0.717, 1.165) is 24.3 Å². The van der Waals surface area contributed by atoms with E-state index in [0.29, 0.717) is 19.7 Å². The number of carbonyl (C=O) groups is 1. The van der Waals surface area contributed by atoms with Crippen LogP contribution in [0.25, 0.3) is 0 Å². The van der Waals surface area contributed by atoms with Crippen molar-refractivity contribution in [1.29, 1.82) is 0 Å². The zero-order valence-electron chi connectivity index (χ0n) is 14.2. The van der Waals surface area contributed by atoms with Gasteiger partial charge in [0, 0.05) is 18.1 Å². The van der Waals surface area contributed by atoms with Gasteiger partial charge >= 0.3 is 6.09 Å². The van der Waals surface area contributed by atoms with Crippen molar-refractivity contribution < 1.29 is 14.3 Å². The van der Waals surface area contributed by atoms with Crippen molar-refractivity contribution in [2.45, 2.75) is 51.7 Å². The van der Waals surface area contributed by atoms with Crippen LogP contribution in [-0.2, 0) is 15.9 Å². The second kappa shape index (κ2) is 8.02. The number of halogens is 1. The van der Waals surface area contributed by atoms with Crippen molar-refractivity contribution in [1.82, 2.24) is 4.90 Å². The lowest BCUT2D eigenvalue weighted by Gasteiger charge is -2.33. The number of nitrogens with zero attached hydrogens (tertiary/aromatic N) is 1. The van der Waals surface area contributed by atoms with Gasteiger partial charge in [0.1, 0.15) is 5.60 Å². The normalized spacial score (nSPS) is 16.4. The zero-order chi connectivity index (χ0) is 16.9. The largest absolute Gasteiger partial charge is 0.444 e. The van der Waals surface area contributed by atoms with E-state index in [1.54, 1.807) is 4.90 Å². The molecule has 0 saturated carbocycles. The van der Waals surface area contributed by atoms with Crippen LogP contribution in [0.2, 0.25) is 5.02 Å². The summed E-state index contributed by atoms with van der Waals surface area (Å²) in [6.07, 6.45) is 2.55. The number of ether oxygens (including phenoxy) is 2. The molecule has 1 aliphatic heterocycles. The average Bonchev–Trinajstić information content (AvgIpc) is 2.46. The molecule has 0 N–H and O–H groups in total. The smallest absolute Gasteiger partial charge is 0.410 e. The molecule has 0 aromatic heterocycles. The van der Waals surface area contributed by atoms with Crippen LogP contribution in [0.5, 0.6) is 0 Å². The number of piperidine rings is 1. The Hall–Kier alpha value is -1.26. The highest BCUT2D eigenvalue weighted by molar-refractivity contribution is 6.30. The van der Waals surface area contributed by atoms with Gasteiger partial charge in [0.15, 0.2) is 0 Å². The summed E-state index contributed by atoms with van der Waals surface area (Å²) in [5.74, 6) is 0. The van der Waals surface area contributed by atoms with Crippen LogP contribution in [0.3, 0.4) is 0 Å². The van der Waals surface area contributed by atoms with Crippen molar-refractivity contribution >= 4 is 17.7 Å². The van der Waals surface area contributed by atoms with E-state index >= 15 is 0 Å². The fourth-order valence-corrected chi connectivity index (χ4v) is 2.78. The van der Waals surface area contributed by atoms with E-state index in [-0.39, 0.29) is 12.2 Å². The monoisotopic (exact) mass is 339 g/mol. The summed E-state index contributed by atoms with van der Waals surface area (Å²) in [5.41, 5.74) is 0.741. The molecule has 1 aromatic rings. The predicted molar refractivity (Wildman–Crippen MR) is 91.9 cm³/mol. The maximum absolute atomic E-state index is 12.0. The van der Waals surface area contributed by atoms with Crippen LogP contribution in [0.15, 0.2) is 24.3 Å². The fraction of sp³-hybridized carbons (Fsp3) is 0.611. The van der Waals surface area contributed by atoms with E-state index in [9.17, 15) is 4.79 Å². The summed E-state index contributed by atoms with van der Waals surface area (Å²) in [5, 5.41) is 0.758. The number of amides is 1. The molecule has 0 spiro atoms. The Balaban J connectivity index is 1.68. The quantitative estimate of drug-likeness (QED) is 0.821. The van der Waals surface area contributed by atoms with E-state index in [1.807, 2.05) is 39.0 Å². The molecule has 1 amide bonds. The lowest BCUT2D eigenvalue weighted by atomic mass is 10.1. The molecule has 1 fully saturated rings. The number of hydrogen-bond donors (Lipinski definition) is 0. The van der Waals surface area contributed by atoms with Gasteiger partial charge < -0.3 is 14.4 Å². The number of hydrogen-bond acceptors (Lipinski definition) is 3. The average molecular weight is 340 g/mol. The second-order valence-electron chi connectivity index (χ2n) is 6.92. The van der Waals surface area contributed by atoms with Gasteiger partial charge in [0.2, 0.25) is 0 Å². The minimum Gasteiger partial charge on any atom is -0.444 e. The van der Waals surface area contributed by atoms with Gasteiger partial charge in [-0.05, 0) is 57.7 Å². The molecule has 5 heteroatoms. The van der Waals surface area contributed by atoms with Crippen LogP contribution in [0, 0.1) is 0 Å². The van der Waals surface area contributed by atoms with E-state index < -0.39 is 5.60 Å². The van der Waals surface area contributed by atoms with Crippen molar-refractivity contribution in [2.24, 2.45) is 0 Å². The summed E-state index contributed by atoms with van der Waals surface area (Å²) < 4.78 is 11.3. The fourth-order valence-electron chi connectivity index (χ4n) is 2.57. The summed E-state index contributed by atoms with van der Waals surface area (Å²) in [6.45, 7) is 7.72. The molecule has 0 atom stereocenters. The lowest BCUT2D eigenvalue weighted by molar-refractivity contribution is -0.0105. The molecule has 1 saturated heterocycles. The maximum Gasteiger partial charge on any atom is 0.410 e. The molecule has 1 aromatic carbocycles. The molecule has 1 aliphatic rings. The Bertz CT molecular complexity index is 519. The molecule has 0 unspecified atom stereocenters. The van der Waals surface area contributed by atoms with Crippen molar-refractivity contribution in [3.8, 4) is 0 Å². The minimum atomic E-state index is -0.443. The van der Waals surface area contributed by atoms with Crippen molar-refractivity contribution in [3.63, 3.8) is 0 Å². The third kappa shape index (κ3) is 6.40. The van der Waals surface area contributed by atoms with Crippen LogP contribution < -0.4 is 0 Å². The Morgan fingerprint density at radius 2 is 2.00 bits per heavy atom. The van der Waals surface area contributed by atoms with Crippen LogP contribution in [0.1, 0.15) is 39.2 Å². The number of benzene rings is 1. The first-order chi connectivity index (χ1) is 10.8. The molecule has 1 heterocycles. The lowest BCUT2D eigenvalue weighted by Crippen LogP contribution is -2.43.